The molecule has 3 saturated carbocycles. The highest BCUT2D eigenvalue weighted by Gasteiger charge is 2.56. The third-order valence-corrected chi connectivity index (χ3v) is 8.63. The minimum absolute atomic E-state index is 0.0833. The predicted molar refractivity (Wildman–Crippen MR) is 128 cm³/mol. The van der Waals surface area contributed by atoms with Crippen molar-refractivity contribution in [3.63, 3.8) is 0 Å². The number of para-hydroxylation sites is 1. The zero-order chi connectivity index (χ0) is 23.3. The molecule has 1 aliphatic heterocycles. The number of nitrogens with one attached hydrogen (secondary N) is 2. The van der Waals surface area contributed by atoms with Crippen LogP contribution in [0.5, 0.6) is 5.75 Å². The van der Waals surface area contributed by atoms with Crippen LogP contribution in [-0.4, -0.2) is 28.3 Å². The molecule has 4 aliphatic rings. The van der Waals surface area contributed by atoms with Crippen LogP contribution < -0.4 is 20.9 Å². The standard InChI is InChI=1S/C25H31ClN4O3/c1-14-17-10-15(25(17,2)3)11-19(14)28-20-12-27-30(24(32)23(20)26)13-22(31)29-18-8-9-33-21-7-5-4-6-16(18)21/h4-7,12,14-15,17-19,28H,8-11,13H2,1-3H3,(H,29,31)/t14-,15-,17+,18?,19-/m1/s1. The largest absolute Gasteiger partial charge is 0.493 e. The van der Waals surface area contributed by atoms with Crippen LogP contribution in [0, 0.1) is 23.2 Å². The van der Waals surface area contributed by atoms with Gasteiger partial charge in [-0.2, -0.15) is 5.10 Å². The minimum atomic E-state index is -0.460. The molecule has 33 heavy (non-hydrogen) atoms. The second-order valence-electron chi connectivity index (χ2n) is 10.3. The highest BCUT2D eigenvalue weighted by atomic mass is 35.5. The van der Waals surface area contributed by atoms with Gasteiger partial charge < -0.3 is 15.4 Å². The molecule has 0 radical (unpaired) electrons. The number of benzene rings is 1. The monoisotopic (exact) mass is 470 g/mol. The van der Waals surface area contributed by atoms with Crippen molar-refractivity contribution < 1.29 is 9.53 Å². The first-order valence-corrected chi connectivity index (χ1v) is 12.2. The van der Waals surface area contributed by atoms with Gasteiger partial charge in [-0.05, 0) is 42.1 Å². The number of amides is 1. The summed E-state index contributed by atoms with van der Waals surface area (Å²) in [6.45, 7) is 7.35. The van der Waals surface area contributed by atoms with Gasteiger partial charge in [-0.3, -0.25) is 9.59 Å². The van der Waals surface area contributed by atoms with Gasteiger partial charge in [0.15, 0.2) is 0 Å². The van der Waals surface area contributed by atoms with E-state index in [0.717, 1.165) is 22.4 Å². The second-order valence-corrected chi connectivity index (χ2v) is 10.7. The zero-order valence-corrected chi connectivity index (χ0v) is 20.1. The van der Waals surface area contributed by atoms with Crippen LogP contribution in [0.2, 0.25) is 5.02 Å². The first-order valence-electron chi connectivity index (χ1n) is 11.8. The van der Waals surface area contributed by atoms with Crippen LogP contribution in [0.4, 0.5) is 5.69 Å². The highest BCUT2D eigenvalue weighted by molar-refractivity contribution is 6.32. The fourth-order valence-corrected chi connectivity index (χ4v) is 6.29. The van der Waals surface area contributed by atoms with Crippen molar-refractivity contribution in [2.45, 2.75) is 58.7 Å². The SMILES string of the molecule is C[C@H]1[C@H](Nc2cnn(CC(=O)NC3CCOc4ccccc43)c(=O)c2Cl)C[C@H]2C[C@@H]1C2(C)C. The van der Waals surface area contributed by atoms with Crippen LogP contribution in [0.1, 0.15) is 51.6 Å². The molecule has 1 unspecified atom stereocenters. The molecular weight excluding hydrogens is 440 g/mol. The summed E-state index contributed by atoms with van der Waals surface area (Å²) in [7, 11) is 0. The first-order chi connectivity index (χ1) is 15.8. The van der Waals surface area contributed by atoms with E-state index in [9.17, 15) is 9.59 Å². The van der Waals surface area contributed by atoms with Crippen molar-refractivity contribution in [1.29, 1.82) is 0 Å². The number of nitrogens with zero attached hydrogens (tertiary/aromatic N) is 2. The Hall–Kier alpha value is -2.54. The Morgan fingerprint density at radius 1 is 1.30 bits per heavy atom. The van der Waals surface area contributed by atoms with Gasteiger partial charge in [0.25, 0.3) is 5.56 Å². The molecule has 7 nitrogen and oxygen atoms in total. The van der Waals surface area contributed by atoms with Gasteiger partial charge in [0, 0.05) is 18.0 Å². The number of fused-ring (bicyclic) bond motifs is 3. The number of aromatic nitrogens is 2. The van der Waals surface area contributed by atoms with E-state index in [1.54, 1.807) is 6.20 Å². The molecule has 0 spiro atoms. The number of carbonyl (C=O) groups excluding carboxylic acids is 1. The second kappa shape index (κ2) is 8.35. The van der Waals surface area contributed by atoms with Gasteiger partial charge in [-0.15, -0.1) is 0 Å². The Labute approximate surface area is 198 Å². The highest BCUT2D eigenvalue weighted by Crippen LogP contribution is 2.61. The number of anilines is 1. The predicted octanol–water partition coefficient (Wildman–Crippen LogP) is 4.02. The summed E-state index contributed by atoms with van der Waals surface area (Å²) in [5, 5.41) is 10.8. The van der Waals surface area contributed by atoms with Crippen molar-refractivity contribution in [3.05, 3.63) is 51.4 Å². The third-order valence-electron chi connectivity index (χ3n) is 8.27. The average molecular weight is 471 g/mol. The fourth-order valence-electron chi connectivity index (χ4n) is 6.09. The lowest BCUT2D eigenvalue weighted by Crippen LogP contribution is -2.58. The maximum atomic E-state index is 12.8. The molecule has 1 amide bonds. The number of carbonyl (C=O) groups is 1. The average Bonchev–Trinajstić information content (AvgIpc) is 2.79. The molecule has 2 N–H and O–H groups in total. The molecule has 1 aromatic carbocycles. The Bertz CT molecular complexity index is 1130. The van der Waals surface area contributed by atoms with Crippen molar-refractivity contribution in [2.75, 3.05) is 11.9 Å². The van der Waals surface area contributed by atoms with E-state index >= 15 is 0 Å². The lowest BCUT2D eigenvalue weighted by Gasteiger charge is -2.62. The van der Waals surface area contributed by atoms with Crippen LogP contribution in [0.25, 0.3) is 0 Å². The number of ether oxygens (including phenoxy) is 1. The molecule has 2 heterocycles. The smallest absolute Gasteiger partial charge is 0.288 e. The molecule has 3 aliphatic carbocycles. The Kier molecular flexibility index (Phi) is 5.63. The van der Waals surface area contributed by atoms with E-state index in [0.29, 0.717) is 41.9 Å². The quantitative estimate of drug-likeness (QED) is 0.689. The van der Waals surface area contributed by atoms with Gasteiger partial charge in [0.05, 0.1) is 24.5 Å². The molecule has 1 aromatic heterocycles. The van der Waals surface area contributed by atoms with Crippen molar-refractivity contribution >= 4 is 23.2 Å². The number of rotatable bonds is 5. The zero-order valence-electron chi connectivity index (χ0n) is 19.3. The molecular formula is C25H31ClN4O3. The molecule has 8 heteroatoms. The summed E-state index contributed by atoms with van der Waals surface area (Å²) in [5.74, 6) is 2.37. The Balaban J connectivity index is 1.25. The van der Waals surface area contributed by atoms with E-state index in [4.69, 9.17) is 16.3 Å². The van der Waals surface area contributed by atoms with Crippen LogP contribution in [-0.2, 0) is 11.3 Å². The van der Waals surface area contributed by atoms with Crippen LogP contribution in [0.3, 0.4) is 0 Å². The number of hydrogen-bond acceptors (Lipinski definition) is 5. The number of halogens is 1. The normalized spacial score (nSPS) is 29.3. The molecule has 0 saturated heterocycles. The molecule has 3 fully saturated rings. The van der Waals surface area contributed by atoms with E-state index in [1.165, 1.54) is 6.42 Å². The maximum Gasteiger partial charge on any atom is 0.288 e. The van der Waals surface area contributed by atoms with Crippen molar-refractivity contribution in [2.24, 2.45) is 23.2 Å². The lowest BCUT2D eigenvalue weighted by molar-refractivity contribution is -0.122. The fraction of sp³-hybridized carbons (Fsp3) is 0.560. The third kappa shape index (κ3) is 3.90. The minimum Gasteiger partial charge on any atom is -0.493 e. The summed E-state index contributed by atoms with van der Waals surface area (Å²) >= 11 is 6.43. The molecule has 5 atom stereocenters. The van der Waals surface area contributed by atoms with Crippen LogP contribution in [0.15, 0.2) is 35.3 Å². The maximum absolute atomic E-state index is 12.8. The summed E-state index contributed by atoms with van der Waals surface area (Å²) in [6.07, 6.45) is 4.59. The Morgan fingerprint density at radius 2 is 2.09 bits per heavy atom. The molecule has 6 rings (SSSR count). The van der Waals surface area contributed by atoms with E-state index in [-0.39, 0.29) is 29.6 Å². The number of hydrogen-bond donors (Lipinski definition) is 2. The molecule has 2 aromatic rings. The van der Waals surface area contributed by atoms with E-state index < -0.39 is 5.56 Å². The van der Waals surface area contributed by atoms with E-state index in [2.05, 4.69) is 36.5 Å². The summed E-state index contributed by atoms with van der Waals surface area (Å²) < 4.78 is 6.77. The molecule has 176 valence electrons. The first kappa shape index (κ1) is 22.3. The topological polar surface area (TPSA) is 85.2 Å². The van der Waals surface area contributed by atoms with Crippen LogP contribution >= 0.6 is 11.6 Å². The van der Waals surface area contributed by atoms with Crippen molar-refractivity contribution in [3.8, 4) is 5.75 Å². The van der Waals surface area contributed by atoms with E-state index in [1.807, 2.05) is 24.3 Å². The Morgan fingerprint density at radius 3 is 2.85 bits per heavy atom. The van der Waals surface area contributed by atoms with Gasteiger partial charge in [-0.1, -0.05) is 50.6 Å². The summed E-state index contributed by atoms with van der Waals surface area (Å²) in [4.78, 5) is 25.5. The van der Waals surface area contributed by atoms with Gasteiger partial charge in [0.2, 0.25) is 5.91 Å². The van der Waals surface area contributed by atoms with Gasteiger partial charge in [0.1, 0.15) is 17.3 Å². The lowest BCUT2D eigenvalue weighted by atomic mass is 9.45. The summed E-state index contributed by atoms with van der Waals surface area (Å²) in [6, 6.07) is 7.77. The van der Waals surface area contributed by atoms with Gasteiger partial charge in [-0.25, -0.2) is 4.68 Å². The molecule has 2 bridgehead atoms. The van der Waals surface area contributed by atoms with Crippen molar-refractivity contribution in [1.82, 2.24) is 15.1 Å². The summed E-state index contributed by atoms with van der Waals surface area (Å²) in [5.41, 5.74) is 1.42. The van der Waals surface area contributed by atoms with Gasteiger partial charge >= 0.3 is 0 Å².